The second-order valence-corrected chi connectivity index (χ2v) is 3.25. The second kappa shape index (κ2) is 4.97. The SMILES string of the molecule is C=CCNC(=O)C(CC)(C(F)(F)F)C(F)(F)F. The molecule has 0 bridgehead atoms. The number of hydrogen-bond acceptors (Lipinski definition) is 1. The maximum atomic E-state index is 12.5. The highest BCUT2D eigenvalue weighted by atomic mass is 19.4. The van der Waals surface area contributed by atoms with Crippen molar-refractivity contribution in [2.24, 2.45) is 5.41 Å². The summed E-state index contributed by atoms with van der Waals surface area (Å²) >= 11 is 0. The van der Waals surface area contributed by atoms with E-state index in [4.69, 9.17) is 0 Å². The lowest BCUT2D eigenvalue weighted by molar-refractivity contribution is -0.326. The highest BCUT2D eigenvalue weighted by Gasteiger charge is 2.74. The number of carbonyl (C=O) groups excluding carboxylic acids is 1. The molecule has 0 aliphatic rings. The van der Waals surface area contributed by atoms with E-state index in [1.165, 1.54) is 0 Å². The Bertz CT molecular complexity index is 279. The van der Waals surface area contributed by atoms with Gasteiger partial charge in [0.2, 0.25) is 11.3 Å². The zero-order valence-electron chi connectivity index (χ0n) is 8.87. The molecule has 0 aromatic carbocycles. The molecule has 8 heteroatoms. The van der Waals surface area contributed by atoms with E-state index in [-0.39, 0.29) is 0 Å². The van der Waals surface area contributed by atoms with Crippen LogP contribution in [0.1, 0.15) is 13.3 Å². The molecule has 0 atom stereocenters. The summed E-state index contributed by atoms with van der Waals surface area (Å²) < 4.78 is 75.3. The predicted molar refractivity (Wildman–Crippen MR) is 48.0 cm³/mol. The van der Waals surface area contributed by atoms with Gasteiger partial charge in [0.25, 0.3) is 0 Å². The third-order valence-corrected chi connectivity index (χ3v) is 2.29. The normalized spacial score (nSPS) is 13.4. The van der Waals surface area contributed by atoms with E-state index in [1.807, 2.05) is 0 Å². The average Bonchev–Trinajstić information content (AvgIpc) is 2.11. The van der Waals surface area contributed by atoms with Gasteiger partial charge in [-0.15, -0.1) is 6.58 Å². The second-order valence-electron chi connectivity index (χ2n) is 3.25. The summed E-state index contributed by atoms with van der Waals surface area (Å²) in [6.45, 7) is 3.28. The number of rotatable bonds is 4. The van der Waals surface area contributed by atoms with Crippen LogP contribution >= 0.6 is 0 Å². The van der Waals surface area contributed by atoms with Gasteiger partial charge in [-0.3, -0.25) is 4.79 Å². The topological polar surface area (TPSA) is 29.1 Å². The molecule has 0 aliphatic heterocycles. The van der Waals surface area contributed by atoms with Gasteiger partial charge in [0.15, 0.2) is 0 Å². The quantitative estimate of drug-likeness (QED) is 0.613. The van der Waals surface area contributed by atoms with Crippen molar-refractivity contribution in [2.75, 3.05) is 6.54 Å². The fourth-order valence-corrected chi connectivity index (χ4v) is 1.30. The van der Waals surface area contributed by atoms with Crippen LogP contribution in [0.5, 0.6) is 0 Å². The van der Waals surface area contributed by atoms with Crippen molar-refractivity contribution in [3.8, 4) is 0 Å². The molecule has 0 saturated carbocycles. The molecule has 1 amide bonds. The molecule has 0 saturated heterocycles. The third kappa shape index (κ3) is 2.73. The summed E-state index contributed by atoms with van der Waals surface area (Å²) in [5.74, 6) is -2.11. The first-order valence-corrected chi connectivity index (χ1v) is 4.57. The van der Waals surface area contributed by atoms with Crippen LogP contribution in [0.15, 0.2) is 12.7 Å². The molecule has 17 heavy (non-hydrogen) atoms. The Morgan fingerprint density at radius 2 is 1.59 bits per heavy atom. The van der Waals surface area contributed by atoms with Gasteiger partial charge in [-0.2, -0.15) is 26.3 Å². The van der Waals surface area contributed by atoms with E-state index < -0.39 is 36.6 Å². The van der Waals surface area contributed by atoms with Gasteiger partial charge in [-0.05, 0) is 6.42 Å². The Labute approximate surface area is 93.7 Å². The third-order valence-electron chi connectivity index (χ3n) is 2.29. The van der Waals surface area contributed by atoms with E-state index in [0.29, 0.717) is 6.92 Å². The first-order valence-electron chi connectivity index (χ1n) is 4.57. The lowest BCUT2D eigenvalue weighted by Gasteiger charge is -2.34. The molecular formula is C9H11F6NO. The lowest BCUT2D eigenvalue weighted by atomic mass is 9.82. The summed E-state index contributed by atoms with van der Waals surface area (Å²) in [6, 6.07) is 0. The maximum Gasteiger partial charge on any atom is 0.412 e. The molecule has 0 rings (SSSR count). The minimum atomic E-state index is -5.70. The molecule has 0 aromatic rings. The lowest BCUT2D eigenvalue weighted by Crippen LogP contribution is -2.59. The largest absolute Gasteiger partial charge is 0.412 e. The molecule has 0 unspecified atom stereocenters. The van der Waals surface area contributed by atoms with Crippen molar-refractivity contribution in [3.05, 3.63) is 12.7 Å². The molecule has 0 aromatic heterocycles. The Kier molecular flexibility index (Phi) is 4.62. The number of halogens is 6. The number of nitrogens with one attached hydrogen (secondary N) is 1. The predicted octanol–water partition coefficient (Wildman–Crippen LogP) is 2.81. The summed E-state index contributed by atoms with van der Waals surface area (Å²) in [5.41, 5.74) is -4.37. The highest BCUT2D eigenvalue weighted by molar-refractivity contribution is 5.84. The summed E-state index contributed by atoms with van der Waals surface area (Å²) in [5, 5.41) is 1.54. The van der Waals surface area contributed by atoms with Crippen LogP contribution in [0.4, 0.5) is 26.3 Å². The minimum Gasteiger partial charge on any atom is -0.352 e. The van der Waals surface area contributed by atoms with Crippen molar-refractivity contribution in [2.45, 2.75) is 25.7 Å². The number of hydrogen-bond donors (Lipinski definition) is 1. The van der Waals surface area contributed by atoms with Crippen LogP contribution in [0.2, 0.25) is 0 Å². The van der Waals surface area contributed by atoms with E-state index in [9.17, 15) is 31.1 Å². The van der Waals surface area contributed by atoms with Gasteiger partial charge >= 0.3 is 12.4 Å². The van der Waals surface area contributed by atoms with Crippen LogP contribution < -0.4 is 5.32 Å². The summed E-state index contributed by atoms with van der Waals surface area (Å²) in [4.78, 5) is 11.1. The zero-order chi connectivity index (χ0) is 13.9. The average molecular weight is 263 g/mol. The van der Waals surface area contributed by atoms with E-state index in [1.54, 1.807) is 5.32 Å². The Morgan fingerprint density at radius 3 is 1.82 bits per heavy atom. The first kappa shape index (κ1) is 15.8. The van der Waals surface area contributed by atoms with Crippen LogP contribution in [-0.4, -0.2) is 24.8 Å². The number of amides is 1. The van der Waals surface area contributed by atoms with Crippen LogP contribution in [0.3, 0.4) is 0 Å². The number of alkyl halides is 6. The maximum absolute atomic E-state index is 12.5. The van der Waals surface area contributed by atoms with Crippen molar-refractivity contribution < 1.29 is 31.1 Å². The first-order chi connectivity index (χ1) is 7.54. The zero-order valence-corrected chi connectivity index (χ0v) is 8.87. The molecule has 1 N–H and O–H groups in total. The fourth-order valence-electron chi connectivity index (χ4n) is 1.30. The van der Waals surface area contributed by atoms with E-state index in [0.717, 1.165) is 6.08 Å². The standard InChI is InChI=1S/C9H11F6NO/c1-3-5-16-6(17)7(4-2,8(10,11)12)9(13,14)15/h3H,1,4-5H2,2H3,(H,16,17). The molecule has 0 radical (unpaired) electrons. The smallest absolute Gasteiger partial charge is 0.352 e. The van der Waals surface area contributed by atoms with Gasteiger partial charge in [-0.1, -0.05) is 13.0 Å². The number of carbonyl (C=O) groups is 1. The molecular weight excluding hydrogens is 252 g/mol. The van der Waals surface area contributed by atoms with Crippen LogP contribution in [-0.2, 0) is 4.79 Å². The van der Waals surface area contributed by atoms with Gasteiger partial charge in [0.1, 0.15) is 0 Å². The Morgan fingerprint density at radius 1 is 1.18 bits per heavy atom. The molecule has 0 fully saturated rings. The Balaban J connectivity index is 5.52. The molecule has 0 aliphatic carbocycles. The van der Waals surface area contributed by atoms with Crippen LogP contribution in [0.25, 0.3) is 0 Å². The molecule has 2 nitrogen and oxygen atoms in total. The fraction of sp³-hybridized carbons (Fsp3) is 0.667. The van der Waals surface area contributed by atoms with Crippen molar-refractivity contribution in [3.63, 3.8) is 0 Å². The summed E-state index contributed by atoms with van der Waals surface area (Å²) in [7, 11) is 0. The van der Waals surface area contributed by atoms with Gasteiger partial charge in [0.05, 0.1) is 0 Å². The minimum absolute atomic E-state index is 0.466. The van der Waals surface area contributed by atoms with E-state index in [2.05, 4.69) is 6.58 Å². The van der Waals surface area contributed by atoms with Gasteiger partial charge in [0, 0.05) is 6.54 Å². The van der Waals surface area contributed by atoms with Crippen molar-refractivity contribution in [1.82, 2.24) is 5.32 Å². The van der Waals surface area contributed by atoms with Gasteiger partial charge in [-0.25, -0.2) is 0 Å². The van der Waals surface area contributed by atoms with Crippen LogP contribution in [0, 0.1) is 5.41 Å². The summed E-state index contributed by atoms with van der Waals surface area (Å²) in [6.07, 6.45) is -11.8. The van der Waals surface area contributed by atoms with Gasteiger partial charge < -0.3 is 5.32 Å². The monoisotopic (exact) mass is 263 g/mol. The molecule has 0 heterocycles. The highest BCUT2D eigenvalue weighted by Crippen LogP contribution is 2.52. The Hall–Kier alpha value is -1.21. The molecule has 100 valence electrons. The van der Waals surface area contributed by atoms with Crippen molar-refractivity contribution in [1.29, 1.82) is 0 Å². The van der Waals surface area contributed by atoms with Crippen molar-refractivity contribution >= 4 is 5.91 Å². The molecule has 0 spiro atoms. The van der Waals surface area contributed by atoms with E-state index >= 15 is 0 Å².